The van der Waals surface area contributed by atoms with E-state index >= 15 is 0 Å². The number of carbonyl (C=O) groups is 2. The number of hydrogen-bond acceptors (Lipinski definition) is 3. The Balaban J connectivity index is 1.74. The molecular formula is C19H22N4O2. The number of anilines is 1. The van der Waals surface area contributed by atoms with Crippen LogP contribution in [-0.2, 0) is 22.4 Å². The molecular weight excluding hydrogens is 316 g/mol. The van der Waals surface area contributed by atoms with E-state index in [-0.39, 0.29) is 18.4 Å². The van der Waals surface area contributed by atoms with Crippen molar-refractivity contribution < 1.29 is 9.59 Å². The van der Waals surface area contributed by atoms with Crippen molar-refractivity contribution in [2.45, 2.75) is 25.7 Å². The highest BCUT2D eigenvalue weighted by atomic mass is 16.2. The van der Waals surface area contributed by atoms with E-state index in [1.165, 1.54) is 35.1 Å². The molecule has 6 nitrogen and oxygen atoms in total. The van der Waals surface area contributed by atoms with Crippen LogP contribution in [-0.4, -0.2) is 40.5 Å². The maximum Gasteiger partial charge on any atom is 0.246 e. The molecule has 130 valence electrons. The van der Waals surface area contributed by atoms with Gasteiger partial charge in [0, 0.05) is 29.6 Å². The van der Waals surface area contributed by atoms with E-state index in [2.05, 4.69) is 22.1 Å². The fraction of sp³-hybridized carbons (Fsp3) is 0.316. The quantitative estimate of drug-likeness (QED) is 0.823. The lowest BCUT2D eigenvalue weighted by Crippen LogP contribution is -2.33. The van der Waals surface area contributed by atoms with Crippen molar-refractivity contribution in [3.05, 3.63) is 48.2 Å². The topological polar surface area (TPSA) is 78.1 Å². The van der Waals surface area contributed by atoms with E-state index in [1.54, 1.807) is 7.05 Å². The lowest BCUT2D eigenvalue weighted by molar-refractivity contribution is -0.129. The summed E-state index contributed by atoms with van der Waals surface area (Å²) in [6, 6.07) is 7.63. The van der Waals surface area contributed by atoms with Crippen LogP contribution in [0.1, 0.15) is 24.1 Å². The number of aryl methyl sites for hydroxylation is 1. The Morgan fingerprint density at radius 3 is 2.96 bits per heavy atom. The SMILES string of the molecule is C=CC(=O)N(C)CC(=O)Nc1cccc(-c2n[nH]c3c2CCCC3)c1. The summed E-state index contributed by atoms with van der Waals surface area (Å²) in [5.41, 5.74) is 5.14. The number of carbonyl (C=O) groups excluding carboxylic acids is 2. The average Bonchev–Trinajstić information content (AvgIpc) is 3.05. The molecule has 2 N–H and O–H groups in total. The average molecular weight is 338 g/mol. The first-order valence-corrected chi connectivity index (χ1v) is 8.42. The zero-order valence-corrected chi connectivity index (χ0v) is 14.3. The second-order valence-electron chi connectivity index (χ2n) is 6.26. The van der Waals surface area contributed by atoms with Crippen LogP contribution in [0.4, 0.5) is 5.69 Å². The number of hydrogen-bond donors (Lipinski definition) is 2. The van der Waals surface area contributed by atoms with E-state index in [1.807, 2.05) is 24.3 Å². The lowest BCUT2D eigenvalue weighted by Gasteiger charge is -2.15. The molecule has 1 aliphatic rings. The van der Waals surface area contributed by atoms with Crippen molar-refractivity contribution in [1.29, 1.82) is 0 Å². The van der Waals surface area contributed by atoms with Crippen molar-refractivity contribution >= 4 is 17.5 Å². The summed E-state index contributed by atoms with van der Waals surface area (Å²) in [6.45, 7) is 3.39. The Kier molecular flexibility index (Phi) is 4.97. The Morgan fingerprint density at radius 2 is 2.16 bits per heavy atom. The smallest absolute Gasteiger partial charge is 0.246 e. The van der Waals surface area contributed by atoms with Crippen molar-refractivity contribution in [1.82, 2.24) is 15.1 Å². The first kappa shape index (κ1) is 17.0. The first-order valence-electron chi connectivity index (χ1n) is 8.42. The molecule has 0 unspecified atom stereocenters. The number of aromatic nitrogens is 2. The van der Waals surface area contributed by atoms with Gasteiger partial charge in [-0.15, -0.1) is 0 Å². The summed E-state index contributed by atoms with van der Waals surface area (Å²) >= 11 is 0. The molecule has 0 aliphatic heterocycles. The predicted molar refractivity (Wildman–Crippen MR) is 97.1 cm³/mol. The molecule has 3 rings (SSSR count). The minimum atomic E-state index is -0.285. The molecule has 0 radical (unpaired) electrons. The third-order valence-electron chi connectivity index (χ3n) is 4.41. The van der Waals surface area contributed by atoms with Gasteiger partial charge in [0.25, 0.3) is 0 Å². The number of likely N-dealkylation sites (N-methyl/N-ethyl adjacent to an activating group) is 1. The van der Waals surface area contributed by atoms with Crippen molar-refractivity contribution in [2.24, 2.45) is 0 Å². The van der Waals surface area contributed by atoms with Gasteiger partial charge in [-0.25, -0.2) is 0 Å². The number of nitrogens with one attached hydrogen (secondary N) is 2. The summed E-state index contributed by atoms with van der Waals surface area (Å²) in [5.74, 6) is -0.536. The highest BCUT2D eigenvalue weighted by molar-refractivity contribution is 5.96. The minimum Gasteiger partial charge on any atom is -0.333 e. The van der Waals surface area contributed by atoms with Crippen LogP contribution < -0.4 is 5.32 Å². The molecule has 1 aromatic heterocycles. The number of rotatable bonds is 5. The summed E-state index contributed by atoms with van der Waals surface area (Å²) < 4.78 is 0. The maximum absolute atomic E-state index is 12.1. The van der Waals surface area contributed by atoms with Gasteiger partial charge in [0.2, 0.25) is 11.8 Å². The van der Waals surface area contributed by atoms with Crippen LogP contribution in [0.5, 0.6) is 0 Å². The van der Waals surface area contributed by atoms with Gasteiger partial charge < -0.3 is 10.2 Å². The standard InChI is InChI=1S/C19H22N4O2/c1-3-18(25)23(2)12-17(24)20-14-8-6-7-13(11-14)19-15-9-4-5-10-16(15)21-22-19/h3,6-8,11H,1,4-5,9-10,12H2,2H3,(H,20,24)(H,21,22). The molecule has 2 aromatic rings. The van der Waals surface area contributed by atoms with E-state index in [9.17, 15) is 9.59 Å². The molecule has 0 fully saturated rings. The molecule has 0 spiro atoms. The van der Waals surface area contributed by atoms with Crippen molar-refractivity contribution in [3.8, 4) is 11.3 Å². The monoisotopic (exact) mass is 338 g/mol. The summed E-state index contributed by atoms with van der Waals surface area (Å²) in [5, 5.41) is 10.4. The number of amides is 2. The number of benzene rings is 1. The number of aromatic amines is 1. The second kappa shape index (κ2) is 7.34. The van der Waals surface area contributed by atoms with Crippen LogP contribution in [0.25, 0.3) is 11.3 Å². The van der Waals surface area contributed by atoms with Gasteiger partial charge in [-0.05, 0) is 43.9 Å². The number of fused-ring (bicyclic) bond motifs is 1. The lowest BCUT2D eigenvalue weighted by atomic mass is 9.93. The van der Waals surface area contributed by atoms with Crippen LogP contribution in [0.2, 0.25) is 0 Å². The largest absolute Gasteiger partial charge is 0.333 e. The minimum absolute atomic E-state index is 0.0209. The fourth-order valence-electron chi connectivity index (χ4n) is 3.11. The van der Waals surface area contributed by atoms with E-state index in [0.29, 0.717) is 5.69 Å². The van der Waals surface area contributed by atoms with Gasteiger partial charge in [-0.2, -0.15) is 5.10 Å². The number of nitrogens with zero attached hydrogens (tertiary/aromatic N) is 2. The van der Waals surface area contributed by atoms with E-state index in [4.69, 9.17) is 0 Å². The zero-order chi connectivity index (χ0) is 17.8. The Bertz CT molecular complexity index is 810. The molecule has 0 saturated heterocycles. The van der Waals surface area contributed by atoms with Crippen molar-refractivity contribution in [3.63, 3.8) is 0 Å². The molecule has 6 heteroatoms. The van der Waals surface area contributed by atoms with Gasteiger partial charge in [0.05, 0.1) is 12.2 Å². The summed E-state index contributed by atoms with van der Waals surface area (Å²) in [4.78, 5) is 24.9. The van der Waals surface area contributed by atoms with Crippen LogP contribution >= 0.6 is 0 Å². The Labute approximate surface area is 146 Å². The zero-order valence-electron chi connectivity index (χ0n) is 14.3. The third kappa shape index (κ3) is 3.79. The maximum atomic E-state index is 12.1. The molecule has 1 aliphatic carbocycles. The van der Waals surface area contributed by atoms with Crippen LogP contribution in [0, 0.1) is 0 Å². The van der Waals surface area contributed by atoms with Crippen LogP contribution in [0.15, 0.2) is 36.9 Å². The van der Waals surface area contributed by atoms with Crippen LogP contribution in [0.3, 0.4) is 0 Å². The summed E-state index contributed by atoms with van der Waals surface area (Å²) in [6.07, 6.45) is 5.64. The van der Waals surface area contributed by atoms with E-state index < -0.39 is 0 Å². The van der Waals surface area contributed by atoms with Crippen molar-refractivity contribution in [2.75, 3.05) is 18.9 Å². The molecule has 25 heavy (non-hydrogen) atoms. The molecule has 1 heterocycles. The Morgan fingerprint density at radius 1 is 1.36 bits per heavy atom. The van der Waals surface area contributed by atoms with E-state index in [0.717, 1.165) is 24.1 Å². The first-order chi connectivity index (χ1) is 12.1. The highest BCUT2D eigenvalue weighted by Gasteiger charge is 2.18. The highest BCUT2D eigenvalue weighted by Crippen LogP contribution is 2.30. The normalized spacial score (nSPS) is 13.0. The molecule has 0 atom stereocenters. The second-order valence-corrected chi connectivity index (χ2v) is 6.26. The molecule has 1 aromatic carbocycles. The fourth-order valence-corrected chi connectivity index (χ4v) is 3.11. The van der Waals surface area contributed by atoms with Gasteiger partial charge in [0.15, 0.2) is 0 Å². The number of H-pyrrole nitrogens is 1. The Hall–Kier alpha value is -2.89. The van der Waals surface area contributed by atoms with Gasteiger partial charge in [-0.1, -0.05) is 18.7 Å². The molecule has 0 bridgehead atoms. The third-order valence-corrected chi connectivity index (χ3v) is 4.41. The molecule has 0 saturated carbocycles. The molecule has 2 amide bonds. The van der Waals surface area contributed by atoms with Gasteiger partial charge >= 0.3 is 0 Å². The predicted octanol–water partition coefficient (Wildman–Crippen LogP) is 2.54. The van der Waals surface area contributed by atoms with Gasteiger partial charge in [-0.3, -0.25) is 14.7 Å². The summed E-state index contributed by atoms with van der Waals surface area (Å²) in [7, 11) is 1.57. The van der Waals surface area contributed by atoms with Gasteiger partial charge in [0.1, 0.15) is 0 Å².